The van der Waals surface area contributed by atoms with Gasteiger partial charge in [-0.05, 0) is 64.6 Å². The van der Waals surface area contributed by atoms with Gasteiger partial charge in [-0.25, -0.2) is 38.9 Å². The molecular formula is C27H29FIN10O6PS2. The van der Waals surface area contributed by atoms with Gasteiger partial charge in [0.1, 0.15) is 48.3 Å². The molecule has 1 aromatic carbocycles. The summed E-state index contributed by atoms with van der Waals surface area (Å²) in [5.74, 6) is 0.729. The number of ether oxygens (including phenoxy) is 2. The summed E-state index contributed by atoms with van der Waals surface area (Å²) in [6.07, 6.45) is 0.573. The van der Waals surface area contributed by atoms with E-state index < -0.39 is 43.7 Å². The van der Waals surface area contributed by atoms with Crippen molar-refractivity contribution in [2.45, 2.75) is 55.5 Å². The first-order chi connectivity index (χ1) is 23.2. The molecule has 2 fully saturated rings. The van der Waals surface area contributed by atoms with Gasteiger partial charge in [-0.3, -0.25) is 18.2 Å². The monoisotopic (exact) mass is 830 g/mol. The lowest BCUT2D eigenvalue weighted by Gasteiger charge is -2.25. The second kappa shape index (κ2) is 14.3. The van der Waals surface area contributed by atoms with Crippen molar-refractivity contribution in [1.29, 1.82) is 0 Å². The molecule has 4 aromatic heterocycles. The number of hydrogen-bond acceptors (Lipinski definition) is 16. The van der Waals surface area contributed by atoms with E-state index in [0.29, 0.717) is 28.1 Å². The number of halogens is 2. The van der Waals surface area contributed by atoms with Gasteiger partial charge in [0, 0.05) is 22.2 Å². The van der Waals surface area contributed by atoms with E-state index >= 15 is 4.39 Å². The molecule has 254 valence electrons. The van der Waals surface area contributed by atoms with Crippen molar-refractivity contribution >= 4 is 87.6 Å². The molecule has 2 aliphatic heterocycles. The molecule has 0 amide bonds. The highest BCUT2D eigenvalue weighted by atomic mass is 127. The van der Waals surface area contributed by atoms with Gasteiger partial charge < -0.3 is 25.1 Å². The maximum Gasteiger partial charge on any atom is 0.389 e. The Morgan fingerprint density at radius 2 is 1.62 bits per heavy atom. The summed E-state index contributed by atoms with van der Waals surface area (Å²) in [5.41, 5.74) is 14.4. The fourth-order valence-corrected chi connectivity index (χ4v) is 9.51. The number of thiol groups is 1. The normalized spacial score (nSPS) is 25.6. The van der Waals surface area contributed by atoms with Crippen molar-refractivity contribution in [1.82, 2.24) is 39.0 Å². The minimum Gasteiger partial charge on any atom is -0.382 e. The van der Waals surface area contributed by atoms with Crippen LogP contribution in [0.4, 0.5) is 16.0 Å². The predicted octanol–water partition coefficient (Wildman–Crippen LogP) is 4.65. The number of nitrogens with zero attached hydrogens (tertiary/aromatic N) is 8. The summed E-state index contributed by atoms with van der Waals surface area (Å²) in [6, 6.07) is 7.79. The Morgan fingerprint density at radius 1 is 0.958 bits per heavy atom. The predicted molar refractivity (Wildman–Crippen MR) is 185 cm³/mol. The van der Waals surface area contributed by atoms with Crippen molar-refractivity contribution in [3.63, 3.8) is 0 Å². The molecule has 6 heterocycles. The van der Waals surface area contributed by atoms with Crippen molar-refractivity contribution < 1.29 is 31.7 Å². The van der Waals surface area contributed by atoms with E-state index in [1.54, 1.807) is 10.9 Å². The smallest absolute Gasteiger partial charge is 0.382 e. The fourth-order valence-electron chi connectivity index (χ4n) is 5.57. The highest BCUT2D eigenvalue weighted by molar-refractivity contribution is 14.1. The van der Waals surface area contributed by atoms with Crippen LogP contribution in [0.1, 0.15) is 30.9 Å². The molecule has 16 nitrogen and oxygen atoms in total. The summed E-state index contributed by atoms with van der Waals surface area (Å²) in [4.78, 5) is 25.0. The molecule has 0 bridgehead atoms. The van der Waals surface area contributed by atoms with E-state index in [0.717, 1.165) is 20.5 Å². The number of benzene rings is 1. The minimum atomic E-state index is -3.94. The average molecular weight is 831 g/mol. The first-order valence-electron chi connectivity index (χ1n) is 14.6. The summed E-state index contributed by atoms with van der Waals surface area (Å²) < 4.78 is 63.9. The average Bonchev–Trinajstić information content (AvgIpc) is 3.86. The minimum absolute atomic E-state index is 0.0177. The maximum absolute atomic E-state index is 15.4. The number of alkyl halides is 1. The summed E-state index contributed by atoms with van der Waals surface area (Å²) in [6.45, 7) is -4.11. The lowest BCUT2D eigenvalue weighted by atomic mass is 10.2. The Balaban J connectivity index is 1.09. The van der Waals surface area contributed by atoms with Crippen LogP contribution in [0, 0.1) is 3.57 Å². The van der Waals surface area contributed by atoms with Gasteiger partial charge in [-0.2, -0.15) is 0 Å². The molecule has 2 saturated heterocycles. The van der Waals surface area contributed by atoms with Crippen LogP contribution in [0.5, 0.6) is 0 Å². The van der Waals surface area contributed by atoms with Crippen LogP contribution in [0.2, 0.25) is 0 Å². The number of fused-ring (bicyclic) bond motifs is 2. The number of nitrogen functional groups attached to an aromatic ring is 2. The van der Waals surface area contributed by atoms with Gasteiger partial charge in [-0.1, -0.05) is 12.1 Å². The third-order valence-electron chi connectivity index (χ3n) is 7.89. The topological polar surface area (TPSA) is 202 Å². The molecule has 5 aromatic rings. The molecule has 2 aliphatic rings. The Bertz CT molecular complexity index is 1960. The quantitative estimate of drug-likeness (QED) is 0.0678. The van der Waals surface area contributed by atoms with E-state index in [1.807, 2.05) is 24.3 Å². The lowest BCUT2D eigenvalue weighted by molar-refractivity contribution is -0.0397. The molecule has 48 heavy (non-hydrogen) atoms. The Kier molecular flexibility index (Phi) is 10.0. The highest BCUT2D eigenvalue weighted by Gasteiger charge is 2.44. The zero-order chi connectivity index (χ0) is 33.4. The standard InChI is InChI=1S/C27H29FIN10O6PS2/c28-17-5-16(43-27(17)39-13-37-22-24(31)33-11-35-26(22)39)7-41-46(40,48-9-14-1-3-15(29)4-2-14)45-18-6-20(44-19(18)8-42-47)38-12-36-21-23(30)32-10-34-25(21)38/h1-4,10-13,16-20,27,47H,5-9H2,(H2,30,32,34)(H2,31,33,35)/t16-,17+,18-,19?,20+,27+,46?/m0/s1. The van der Waals surface area contributed by atoms with Crippen LogP contribution in [0.25, 0.3) is 22.3 Å². The van der Waals surface area contributed by atoms with E-state index in [2.05, 4.69) is 65.4 Å². The number of imidazole rings is 2. The van der Waals surface area contributed by atoms with E-state index in [-0.39, 0.29) is 37.7 Å². The first-order valence-corrected chi connectivity index (χ1v) is 19.2. The third-order valence-corrected chi connectivity index (χ3v) is 12.4. The summed E-state index contributed by atoms with van der Waals surface area (Å²) in [7, 11) is 0. The van der Waals surface area contributed by atoms with E-state index in [1.165, 1.54) is 23.5 Å². The Hall–Kier alpha value is -2.69. The zero-order valence-electron chi connectivity index (χ0n) is 24.9. The summed E-state index contributed by atoms with van der Waals surface area (Å²) in [5, 5.41) is 0. The van der Waals surface area contributed by atoms with Gasteiger partial charge in [0.05, 0.1) is 32.0 Å². The second-order valence-corrected chi connectivity index (χ2v) is 16.5. The van der Waals surface area contributed by atoms with Gasteiger partial charge in [0.25, 0.3) is 0 Å². The fraction of sp³-hybridized carbons (Fsp3) is 0.407. The molecule has 0 spiro atoms. The van der Waals surface area contributed by atoms with Crippen LogP contribution >= 0.6 is 53.7 Å². The highest BCUT2D eigenvalue weighted by Crippen LogP contribution is 2.64. The molecule has 7 rings (SSSR count). The van der Waals surface area contributed by atoms with Crippen LogP contribution in [0.15, 0.2) is 49.6 Å². The number of anilines is 2. The molecule has 21 heteroatoms. The number of hydrogen-bond donors (Lipinski definition) is 3. The van der Waals surface area contributed by atoms with E-state index in [9.17, 15) is 4.57 Å². The second-order valence-electron chi connectivity index (χ2n) is 11.0. The Labute approximate surface area is 295 Å². The van der Waals surface area contributed by atoms with Crippen LogP contribution in [-0.4, -0.2) is 76.7 Å². The lowest BCUT2D eigenvalue weighted by Crippen LogP contribution is -2.27. The van der Waals surface area contributed by atoms with Gasteiger partial charge >= 0.3 is 6.80 Å². The maximum atomic E-state index is 15.4. The van der Waals surface area contributed by atoms with Crippen molar-refractivity contribution in [2.75, 3.05) is 24.7 Å². The zero-order valence-corrected chi connectivity index (χ0v) is 29.6. The number of aromatic nitrogens is 8. The molecular weight excluding hydrogens is 801 g/mol. The molecule has 7 atom stereocenters. The molecule has 4 N–H and O–H groups in total. The molecule has 0 aliphatic carbocycles. The van der Waals surface area contributed by atoms with Gasteiger partial charge in [0.15, 0.2) is 29.2 Å². The number of nitrogens with two attached hydrogens (primary N) is 2. The third kappa shape index (κ3) is 6.99. The van der Waals surface area contributed by atoms with Crippen LogP contribution < -0.4 is 11.5 Å². The van der Waals surface area contributed by atoms with Gasteiger partial charge in [-0.15, -0.1) is 0 Å². The van der Waals surface area contributed by atoms with Crippen molar-refractivity contribution in [3.05, 3.63) is 58.7 Å². The largest absolute Gasteiger partial charge is 0.389 e. The van der Waals surface area contributed by atoms with Gasteiger partial charge in [0.2, 0.25) is 0 Å². The molecule has 0 saturated carbocycles. The van der Waals surface area contributed by atoms with Crippen LogP contribution in [-0.2, 0) is 33.0 Å². The van der Waals surface area contributed by atoms with Crippen molar-refractivity contribution in [2.24, 2.45) is 0 Å². The van der Waals surface area contributed by atoms with E-state index in [4.69, 9.17) is 34.2 Å². The first kappa shape index (κ1) is 33.8. The van der Waals surface area contributed by atoms with Crippen LogP contribution in [0.3, 0.4) is 0 Å². The number of rotatable bonds is 12. The summed E-state index contributed by atoms with van der Waals surface area (Å²) >= 11 is 7.16. The van der Waals surface area contributed by atoms with Crippen molar-refractivity contribution in [3.8, 4) is 0 Å². The SMILES string of the molecule is Nc1ncnc2c1ncn2[C@@H]1O[C@H](COP(=O)(O[C@H]2C[C@H](n3cnc4c(N)ncnc43)OC2COS)SCc2ccc(I)cc2)C[C@H]1F. The molecule has 0 radical (unpaired) electrons. The molecule has 2 unspecified atom stereocenters. The Morgan fingerprint density at radius 3 is 2.31 bits per heavy atom.